The molecule has 0 unspecified atom stereocenters. The summed E-state index contributed by atoms with van der Waals surface area (Å²) in [6, 6.07) is 0. The van der Waals surface area contributed by atoms with Crippen molar-refractivity contribution in [2.75, 3.05) is 12.8 Å². The molecular formula is C13H20N5O3+. The van der Waals surface area contributed by atoms with Gasteiger partial charge in [-0.15, -0.1) is 0 Å². The fourth-order valence-corrected chi connectivity index (χ4v) is 2.89. The molecular weight excluding hydrogens is 274 g/mol. The van der Waals surface area contributed by atoms with Crippen molar-refractivity contribution in [2.45, 2.75) is 38.2 Å². The van der Waals surface area contributed by atoms with Crippen molar-refractivity contribution in [2.24, 2.45) is 7.05 Å². The quantitative estimate of drug-likeness (QED) is 0.767. The number of imidazole rings is 1. The highest BCUT2D eigenvalue weighted by atomic mass is 16.6. The molecule has 8 heteroatoms. The first-order valence-electron chi connectivity index (χ1n) is 6.99. The van der Waals surface area contributed by atoms with Crippen LogP contribution in [-0.4, -0.2) is 33.9 Å². The van der Waals surface area contributed by atoms with Crippen LogP contribution < -0.4 is 15.9 Å². The first-order chi connectivity index (χ1) is 10.0. The third kappa shape index (κ3) is 2.20. The molecule has 3 heterocycles. The first kappa shape index (κ1) is 14.0. The highest BCUT2D eigenvalue weighted by Gasteiger charge is 2.40. The number of nitrogens with one attached hydrogen (secondary N) is 1. The van der Waals surface area contributed by atoms with Crippen molar-refractivity contribution < 1.29 is 14.0 Å². The number of nitrogen functional groups attached to an aromatic ring is 1. The van der Waals surface area contributed by atoms with Gasteiger partial charge in [0.15, 0.2) is 6.33 Å². The second-order valence-corrected chi connectivity index (χ2v) is 5.32. The largest absolute Gasteiger partial charge is 0.375 e. The fraction of sp³-hybridized carbons (Fsp3) is 0.615. The topological polar surface area (TPSA) is 99.0 Å². The average Bonchev–Trinajstić information content (AvgIpc) is 2.99. The molecule has 114 valence electrons. The lowest BCUT2D eigenvalue weighted by Gasteiger charge is -2.14. The number of hydrogen-bond donors (Lipinski definition) is 2. The van der Waals surface area contributed by atoms with Gasteiger partial charge in [0.2, 0.25) is 11.7 Å². The molecule has 0 aromatic carbocycles. The minimum absolute atomic E-state index is 0.0761. The molecule has 1 saturated heterocycles. The van der Waals surface area contributed by atoms with Crippen LogP contribution in [0.25, 0.3) is 11.2 Å². The Balaban J connectivity index is 2.14. The SMILES string of the molecule is CC[C@@H]1C[C@H](OC)[C@H]([n+]2cn(C)c3c(=O)[nH]c(N)nc32)O1. The molecule has 0 bridgehead atoms. The van der Waals surface area contributed by atoms with E-state index in [0.717, 1.165) is 12.8 Å². The third-order valence-electron chi connectivity index (χ3n) is 3.97. The molecule has 3 rings (SSSR count). The van der Waals surface area contributed by atoms with Crippen LogP contribution in [0.5, 0.6) is 0 Å². The van der Waals surface area contributed by atoms with E-state index >= 15 is 0 Å². The van der Waals surface area contributed by atoms with Gasteiger partial charge >= 0.3 is 5.65 Å². The molecule has 21 heavy (non-hydrogen) atoms. The van der Waals surface area contributed by atoms with Crippen molar-refractivity contribution in [3.8, 4) is 0 Å². The van der Waals surface area contributed by atoms with E-state index in [2.05, 4.69) is 16.9 Å². The minimum Gasteiger partial charge on any atom is -0.375 e. The van der Waals surface area contributed by atoms with Gasteiger partial charge in [0, 0.05) is 13.5 Å². The number of nitrogens with two attached hydrogens (primary N) is 1. The molecule has 0 aliphatic carbocycles. The van der Waals surface area contributed by atoms with Crippen LogP contribution in [0, 0.1) is 0 Å². The highest BCUT2D eigenvalue weighted by Crippen LogP contribution is 2.29. The van der Waals surface area contributed by atoms with E-state index in [9.17, 15) is 4.79 Å². The Labute approximate surface area is 121 Å². The number of rotatable bonds is 3. The van der Waals surface area contributed by atoms with Crippen LogP contribution in [0.4, 0.5) is 5.95 Å². The number of hydrogen-bond acceptors (Lipinski definition) is 5. The summed E-state index contributed by atoms with van der Waals surface area (Å²) in [5.41, 5.74) is 6.36. The molecule has 3 atom stereocenters. The molecule has 1 fully saturated rings. The second kappa shape index (κ2) is 5.12. The molecule has 2 aromatic heterocycles. The lowest BCUT2D eigenvalue weighted by molar-refractivity contribution is -0.745. The minimum atomic E-state index is -0.308. The number of methoxy groups -OCH3 is 1. The summed E-state index contributed by atoms with van der Waals surface area (Å²) in [5.74, 6) is 0.0893. The molecule has 8 nitrogen and oxygen atoms in total. The Hall–Kier alpha value is -1.93. The van der Waals surface area contributed by atoms with Crippen LogP contribution in [0.15, 0.2) is 11.1 Å². The molecule has 0 amide bonds. The maximum atomic E-state index is 12.0. The molecule has 1 aliphatic rings. The number of aromatic nitrogens is 4. The normalized spacial score (nSPS) is 25.8. The summed E-state index contributed by atoms with van der Waals surface area (Å²) in [6.07, 6.45) is 3.28. The van der Waals surface area contributed by atoms with Crippen LogP contribution in [-0.2, 0) is 16.5 Å². The summed E-state index contributed by atoms with van der Waals surface area (Å²) in [5, 5.41) is 0. The van der Waals surface area contributed by atoms with Gasteiger partial charge < -0.3 is 15.2 Å². The maximum absolute atomic E-state index is 12.0. The van der Waals surface area contributed by atoms with Gasteiger partial charge in [0.25, 0.3) is 11.5 Å². The zero-order valence-corrected chi connectivity index (χ0v) is 12.4. The summed E-state index contributed by atoms with van der Waals surface area (Å²) in [6.45, 7) is 2.08. The van der Waals surface area contributed by atoms with Crippen molar-refractivity contribution in [3.05, 3.63) is 16.7 Å². The first-order valence-corrected chi connectivity index (χ1v) is 6.99. The maximum Gasteiger partial charge on any atom is 0.313 e. The van der Waals surface area contributed by atoms with Crippen LogP contribution in [0.2, 0.25) is 0 Å². The highest BCUT2D eigenvalue weighted by molar-refractivity contribution is 5.67. The Morgan fingerprint density at radius 3 is 3.10 bits per heavy atom. The van der Waals surface area contributed by atoms with Gasteiger partial charge in [-0.2, -0.15) is 0 Å². The Bertz CT molecular complexity index is 722. The number of aromatic amines is 1. The number of nitrogens with zero attached hydrogens (tertiary/aromatic N) is 3. The van der Waals surface area contributed by atoms with Crippen LogP contribution >= 0.6 is 0 Å². The Morgan fingerprint density at radius 1 is 1.67 bits per heavy atom. The molecule has 2 aromatic rings. The van der Waals surface area contributed by atoms with Crippen LogP contribution in [0.1, 0.15) is 26.0 Å². The number of aryl methyl sites for hydroxylation is 1. The number of ether oxygens (including phenoxy) is 2. The van der Waals surface area contributed by atoms with E-state index in [1.54, 1.807) is 25.1 Å². The van der Waals surface area contributed by atoms with Gasteiger partial charge in [-0.3, -0.25) is 14.3 Å². The van der Waals surface area contributed by atoms with Gasteiger partial charge in [0.1, 0.15) is 6.10 Å². The van der Waals surface area contributed by atoms with E-state index < -0.39 is 0 Å². The summed E-state index contributed by atoms with van der Waals surface area (Å²) in [7, 11) is 3.46. The van der Waals surface area contributed by atoms with Gasteiger partial charge in [0.05, 0.1) is 13.2 Å². The van der Waals surface area contributed by atoms with Crippen molar-refractivity contribution in [1.82, 2.24) is 14.5 Å². The summed E-state index contributed by atoms with van der Waals surface area (Å²) >= 11 is 0. The Kier molecular flexibility index (Phi) is 3.42. The lowest BCUT2D eigenvalue weighted by atomic mass is 10.1. The second-order valence-electron chi connectivity index (χ2n) is 5.32. The predicted octanol–water partition coefficient (Wildman–Crippen LogP) is -0.156. The van der Waals surface area contributed by atoms with E-state index in [0.29, 0.717) is 11.2 Å². The zero-order chi connectivity index (χ0) is 15.1. The number of anilines is 1. The van der Waals surface area contributed by atoms with Crippen molar-refractivity contribution >= 4 is 17.1 Å². The monoisotopic (exact) mass is 294 g/mol. The average molecular weight is 294 g/mol. The third-order valence-corrected chi connectivity index (χ3v) is 3.97. The van der Waals surface area contributed by atoms with Crippen molar-refractivity contribution in [1.29, 1.82) is 0 Å². The van der Waals surface area contributed by atoms with E-state index in [-0.39, 0.29) is 29.9 Å². The number of fused-ring (bicyclic) bond motifs is 1. The van der Waals surface area contributed by atoms with Crippen LogP contribution in [0.3, 0.4) is 0 Å². The molecule has 0 spiro atoms. The van der Waals surface area contributed by atoms with Gasteiger partial charge in [-0.1, -0.05) is 11.9 Å². The number of H-pyrrole nitrogens is 1. The summed E-state index contributed by atoms with van der Waals surface area (Å²) < 4.78 is 15.1. The predicted molar refractivity (Wildman–Crippen MR) is 75.6 cm³/mol. The van der Waals surface area contributed by atoms with E-state index in [1.807, 2.05) is 4.57 Å². The smallest absolute Gasteiger partial charge is 0.313 e. The molecule has 0 saturated carbocycles. The van der Waals surface area contributed by atoms with Crippen molar-refractivity contribution in [3.63, 3.8) is 0 Å². The molecule has 1 aliphatic heterocycles. The fourth-order valence-electron chi connectivity index (χ4n) is 2.89. The van der Waals surface area contributed by atoms with E-state index in [4.69, 9.17) is 15.2 Å². The van der Waals surface area contributed by atoms with Gasteiger partial charge in [-0.25, -0.2) is 4.57 Å². The molecule has 0 radical (unpaired) electrons. The molecule has 3 N–H and O–H groups in total. The standard InChI is InChI=1S/C13H19N5O3/c1-4-7-5-8(20-3)12(21-7)18-6-17(2)9-10(18)15-13(14)16-11(9)19/h6-8,12H,4-5H2,1-3H3,(H2-,14,15,16,19)/p+1/t7-,8+,12-/m1/s1. The van der Waals surface area contributed by atoms with E-state index in [1.165, 1.54) is 0 Å². The Morgan fingerprint density at radius 2 is 2.43 bits per heavy atom. The zero-order valence-electron chi connectivity index (χ0n) is 12.4. The summed E-state index contributed by atoms with van der Waals surface area (Å²) in [4.78, 5) is 18.8. The van der Waals surface area contributed by atoms with Gasteiger partial charge in [-0.05, 0) is 6.42 Å². The lowest BCUT2D eigenvalue weighted by Crippen LogP contribution is -2.45.